The summed E-state index contributed by atoms with van der Waals surface area (Å²) in [4.78, 5) is 14.6. The third kappa shape index (κ3) is 6.19. The number of amides is 1. The molecule has 186 valence electrons. The first kappa shape index (κ1) is 24.7. The van der Waals surface area contributed by atoms with Crippen molar-refractivity contribution >= 4 is 5.91 Å². The molecule has 3 aromatic rings. The van der Waals surface area contributed by atoms with Gasteiger partial charge < -0.3 is 14.4 Å². The largest absolute Gasteiger partial charge is 0.494 e. The van der Waals surface area contributed by atoms with Crippen LogP contribution in [0.25, 0.3) is 0 Å². The number of hydrogen-bond donors (Lipinski definition) is 0. The van der Waals surface area contributed by atoms with Gasteiger partial charge in [0.05, 0.1) is 26.4 Å². The Morgan fingerprint density at radius 2 is 1.74 bits per heavy atom. The van der Waals surface area contributed by atoms with Crippen molar-refractivity contribution in [2.45, 2.75) is 38.3 Å². The molecule has 35 heavy (non-hydrogen) atoms. The van der Waals surface area contributed by atoms with Crippen LogP contribution in [0.4, 0.5) is 17.6 Å². The number of rotatable bonds is 7. The van der Waals surface area contributed by atoms with Gasteiger partial charge in [0.1, 0.15) is 0 Å². The van der Waals surface area contributed by atoms with Crippen LogP contribution in [0.1, 0.15) is 40.0 Å². The SMILES string of the molecule is COc1ccc(COC2CCN(C(=O)c3ccc(Cn4ccc(C(F)(F)F)n4)cc3)CC2)cc1F. The minimum absolute atomic E-state index is 0.0257. The van der Waals surface area contributed by atoms with Gasteiger partial charge in [-0.1, -0.05) is 18.2 Å². The summed E-state index contributed by atoms with van der Waals surface area (Å²) in [6, 6.07) is 12.4. The number of hydrogen-bond acceptors (Lipinski definition) is 4. The molecule has 6 nitrogen and oxygen atoms in total. The highest BCUT2D eigenvalue weighted by molar-refractivity contribution is 5.94. The Morgan fingerprint density at radius 1 is 1.06 bits per heavy atom. The zero-order valence-electron chi connectivity index (χ0n) is 19.1. The highest BCUT2D eigenvalue weighted by atomic mass is 19.4. The molecule has 0 saturated carbocycles. The van der Waals surface area contributed by atoms with Gasteiger partial charge in [-0.2, -0.15) is 18.3 Å². The fourth-order valence-electron chi connectivity index (χ4n) is 3.96. The molecule has 0 bridgehead atoms. The minimum atomic E-state index is -4.48. The van der Waals surface area contributed by atoms with Crippen LogP contribution in [0.3, 0.4) is 0 Å². The van der Waals surface area contributed by atoms with Gasteiger partial charge in [-0.15, -0.1) is 0 Å². The van der Waals surface area contributed by atoms with Gasteiger partial charge in [0, 0.05) is 24.8 Å². The van der Waals surface area contributed by atoms with Crippen LogP contribution in [0.2, 0.25) is 0 Å². The van der Waals surface area contributed by atoms with Crippen molar-refractivity contribution in [3.63, 3.8) is 0 Å². The summed E-state index contributed by atoms with van der Waals surface area (Å²) in [5.74, 6) is -0.355. The van der Waals surface area contributed by atoms with Gasteiger partial charge in [-0.25, -0.2) is 4.39 Å². The lowest BCUT2D eigenvalue weighted by Crippen LogP contribution is -2.40. The summed E-state index contributed by atoms with van der Waals surface area (Å²) in [6.45, 7) is 1.53. The first-order chi connectivity index (χ1) is 16.7. The Bertz CT molecular complexity index is 1150. The average molecular weight is 491 g/mol. The first-order valence-corrected chi connectivity index (χ1v) is 11.2. The number of nitrogens with zero attached hydrogens (tertiary/aromatic N) is 3. The molecule has 2 aromatic carbocycles. The van der Waals surface area contributed by atoms with Gasteiger partial charge in [0.15, 0.2) is 17.3 Å². The van der Waals surface area contributed by atoms with Gasteiger partial charge >= 0.3 is 6.18 Å². The molecule has 1 amide bonds. The lowest BCUT2D eigenvalue weighted by atomic mass is 10.1. The number of aromatic nitrogens is 2. The molecule has 0 spiro atoms. The van der Waals surface area contributed by atoms with Crippen LogP contribution >= 0.6 is 0 Å². The van der Waals surface area contributed by atoms with E-state index < -0.39 is 17.7 Å². The predicted octanol–water partition coefficient (Wildman–Crippen LogP) is 4.92. The highest BCUT2D eigenvalue weighted by Crippen LogP contribution is 2.27. The lowest BCUT2D eigenvalue weighted by Gasteiger charge is -2.32. The van der Waals surface area contributed by atoms with Gasteiger partial charge in [-0.3, -0.25) is 9.48 Å². The molecule has 0 radical (unpaired) electrons. The van der Waals surface area contributed by atoms with Crippen LogP contribution in [0.5, 0.6) is 5.75 Å². The monoisotopic (exact) mass is 491 g/mol. The van der Waals surface area contributed by atoms with Crippen molar-refractivity contribution < 1.29 is 31.8 Å². The maximum absolute atomic E-state index is 13.8. The van der Waals surface area contributed by atoms with E-state index in [-0.39, 0.29) is 30.9 Å². The fraction of sp³-hybridized carbons (Fsp3) is 0.360. The number of halogens is 4. The molecule has 1 aromatic heterocycles. The van der Waals surface area contributed by atoms with Crippen molar-refractivity contribution in [1.29, 1.82) is 0 Å². The molecule has 10 heteroatoms. The zero-order valence-corrected chi connectivity index (χ0v) is 19.1. The third-order valence-corrected chi connectivity index (χ3v) is 5.91. The minimum Gasteiger partial charge on any atom is -0.494 e. The normalized spacial score (nSPS) is 14.8. The van der Waals surface area contributed by atoms with E-state index in [4.69, 9.17) is 9.47 Å². The third-order valence-electron chi connectivity index (χ3n) is 5.91. The molecule has 4 rings (SSSR count). The molecule has 2 heterocycles. The number of benzene rings is 2. The van der Waals surface area contributed by atoms with Gasteiger partial charge in [0.2, 0.25) is 0 Å². The second-order valence-corrected chi connectivity index (χ2v) is 8.36. The van der Waals surface area contributed by atoms with Crippen LogP contribution in [-0.2, 0) is 24.1 Å². The molecule has 0 unspecified atom stereocenters. The predicted molar refractivity (Wildman–Crippen MR) is 119 cm³/mol. The van der Waals surface area contributed by atoms with E-state index in [1.54, 1.807) is 41.3 Å². The molecule has 1 fully saturated rings. The van der Waals surface area contributed by atoms with Crippen molar-refractivity contribution in [2.75, 3.05) is 20.2 Å². The quantitative estimate of drug-likeness (QED) is 0.441. The molecular formula is C25H25F4N3O3. The molecule has 0 atom stereocenters. The van der Waals surface area contributed by atoms with E-state index in [0.29, 0.717) is 37.1 Å². The van der Waals surface area contributed by atoms with Crippen LogP contribution < -0.4 is 4.74 Å². The number of likely N-dealkylation sites (tertiary alicyclic amines) is 1. The number of carbonyl (C=O) groups excluding carboxylic acids is 1. The smallest absolute Gasteiger partial charge is 0.435 e. The average Bonchev–Trinajstić information content (AvgIpc) is 3.32. The molecular weight excluding hydrogens is 466 g/mol. The van der Waals surface area contributed by atoms with Gasteiger partial charge in [-0.05, 0) is 54.3 Å². The van der Waals surface area contributed by atoms with Crippen molar-refractivity contribution in [2.24, 2.45) is 0 Å². The molecule has 0 N–H and O–H groups in total. The maximum Gasteiger partial charge on any atom is 0.435 e. The standard InChI is InChI=1S/C25H25F4N3O3/c1-34-22-7-4-18(14-21(22)26)16-35-20-8-11-31(12-9-20)24(33)19-5-2-17(3-6-19)15-32-13-10-23(30-32)25(27,28)29/h2-7,10,13-14,20H,8-9,11-12,15-16H2,1H3. The number of alkyl halides is 3. The second-order valence-electron chi connectivity index (χ2n) is 8.36. The van der Waals surface area contributed by atoms with E-state index in [2.05, 4.69) is 5.10 Å². The molecule has 1 saturated heterocycles. The molecule has 1 aliphatic heterocycles. The van der Waals surface area contributed by atoms with E-state index in [9.17, 15) is 22.4 Å². The maximum atomic E-state index is 13.8. The Balaban J connectivity index is 1.26. The van der Waals surface area contributed by atoms with Crippen LogP contribution in [0, 0.1) is 5.82 Å². The number of ether oxygens (including phenoxy) is 2. The highest BCUT2D eigenvalue weighted by Gasteiger charge is 2.33. The first-order valence-electron chi connectivity index (χ1n) is 11.2. The fourth-order valence-corrected chi connectivity index (χ4v) is 3.96. The Labute approximate surface area is 200 Å². The van der Waals surface area contributed by atoms with E-state index >= 15 is 0 Å². The van der Waals surface area contributed by atoms with Gasteiger partial charge in [0.25, 0.3) is 5.91 Å². The Kier molecular flexibility index (Phi) is 7.39. The van der Waals surface area contributed by atoms with Crippen LogP contribution in [-0.4, -0.2) is 46.9 Å². The summed E-state index contributed by atoms with van der Waals surface area (Å²) in [5.41, 5.74) is 1.03. The molecule has 1 aliphatic rings. The summed E-state index contributed by atoms with van der Waals surface area (Å²) >= 11 is 0. The Hall–Kier alpha value is -3.40. The molecule has 0 aliphatic carbocycles. The van der Waals surface area contributed by atoms with E-state index in [1.165, 1.54) is 24.1 Å². The number of methoxy groups -OCH3 is 1. The zero-order chi connectivity index (χ0) is 25.0. The Morgan fingerprint density at radius 3 is 2.34 bits per heavy atom. The van der Waals surface area contributed by atoms with Crippen LogP contribution in [0.15, 0.2) is 54.7 Å². The second kappa shape index (κ2) is 10.5. The van der Waals surface area contributed by atoms with E-state index in [1.807, 2.05) is 0 Å². The van der Waals surface area contributed by atoms with Crippen molar-refractivity contribution in [3.8, 4) is 5.75 Å². The van der Waals surface area contributed by atoms with Crippen molar-refractivity contribution in [3.05, 3.63) is 82.9 Å². The summed E-state index contributed by atoms with van der Waals surface area (Å²) in [5, 5.41) is 3.54. The van der Waals surface area contributed by atoms with E-state index in [0.717, 1.165) is 11.6 Å². The number of carbonyl (C=O) groups is 1. The summed E-state index contributed by atoms with van der Waals surface area (Å²) in [6.07, 6.45) is -1.89. The number of piperidine rings is 1. The topological polar surface area (TPSA) is 56.6 Å². The summed E-state index contributed by atoms with van der Waals surface area (Å²) in [7, 11) is 1.41. The van der Waals surface area contributed by atoms with Crippen molar-refractivity contribution in [1.82, 2.24) is 14.7 Å². The summed E-state index contributed by atoms with van der Waals surface area (Å²) < 4.78 is 64.0. The lowest BCUT2D eigenvalue weighted by molar-refractivity contribution is -0.141.